The number of allylic oxidation sites excluding steroid dienone is 3. The highest BCUT2D eigenvalue weighted by Crippen LogP contribution is 2.63. The van der Waals surface area contributed by atoms with Crippen LogP contribution in [-0.4, -0.2) is 43.7 Å². The minimum Gasteiger partial charge on any atom is -0.508 e. The summed E-state index contributed by atoms with van der Waals surface area (Å²) in [6, 6.07) is 16.6. The van der Waals surface area contributed by atoms with Gasteiger partial charge in [0, 0.05) is 41.3 Å². The van der Waals surface area contributed by atoms with Crippen molar-refractivity contribution < 1.29 is 47.1 Å². The maximum absolute atomic E-state index is 15.4. The summed E-state index contributed by atoms with van der Waals surface area (Å²) in [5, 5.41) is 22.6. The van der Waals surface area contributed by atoms with Crippen LogP contribution in [0.3, 0.4) is 0 Å². The average Bonchev–Trinajstić information content (AvgIpc) is 3.58. The Labute approximate surface area is 341 Å². The highest BCUT2D eigenvalue weighted by molar-refractivity contribution is 6.33. The number of phenols is 1. The number of amides is 4. The van der Waals surface area contributed by atoms with Gasteiger partial charge in [-0.3, -0.25) is 34.7 Å². The molecule has 59 heavy (non-hydrogen) atoms. The number of carbonyl (C=O) groups is 4. The quantitative estimate of drug-likeness (QED) is 0.0854. The number of nitrogens with one attached hydrogen (secondary N) is 1. The van der Waals surface area contributed by atoms with E-state index in [1.807, 2.05) is 0 Å². The van der Waals surface area contributed by atoms with E-state index in [4.69, 9.17) is 27.9 Å². The summed E-state index contributed by atoms with van der Waals surface area (Å²) in [5.74, 6) is -7.98. The molecule has 2 aliphatic carbocycles. The van der Waals surface area contributed by atoms with Crippen LogP contribution in [-0.2, 0) is 37.2 Å². The monoisotopic (exact) mass is 845 g/mol. The number of imide groups is 2. The number of nitro benzene ring substituents is 1. The summed E-state index contributed by atoms with van der Waals surface area (Å²) in [5.41, 5.74) is 1.26. The zero-order valence-corrected chi connectivity index (χ0v) is 31.7. The number of anilines is 2. The zero-order chi connectivity index (χ0) is 41.7. The highest BCUT2D eigenvalue weighted by Gasteiger charge is 2.71. The predicted molar refractivity (Wildman–Crippen MR) is 204 cm³/mol. The topological polar surface area (TPSA) is 172 Å². The van der Waals surface area contributed by atoms with Crippen LogP contribution >= 0.6 is 23.2 Å². The largest absolute Gasteiger partial charge is 0.508 e. The van der Waals surface area contributed by atoms with Gasteiger partial charge in [-0.2, -0.15) is 18.2 Å². The maximum atomic E-state index is 15.4. The van der Waals surface area contributed by atoms with Gasteiger partial charge >= 0.3 is 6.18 Å². The fraction of sp³-hybridized carbons (Fsp3) is 0.244. The first-order chi connectivity index (χ1) is 28.1. The normalized spacial score (nSPS) is 26.0. The standard InChI is InChI=1S/C41H28Cl2F3N5O8/c42-23-6-4-21(5-7-23)40-30(37(54)50(39(40)56)48-35-31(43)14-22(17-47-35)41(44,45)46)16-29-27(34(40)20-12-19-13-26(52)8-11-32(19)59-18-20)9-10-28-33(29)38(55)49(36(28)53)24-2-1-3-25(15-24)51(57)58/h1-9,11,13-15,17-18,28-30,33-34,52H,10,12,16H2,(H,47,48)/t28-,29+,30-,33-,34-,40+/m0/s1. The number of hydrogen-bond acceptors (Lipinski definition) is 10. The first kappa shape index (κ1) is 38.3. The van der Waals surface area contributed by atoms with Crippen molar-refractivity contribution in [3.8, 4) is 11.5 Å². The number of hydrogen-bond donors (Lipinski definition) is 2. The molecule has 0 unspecified atom stereocenters. The Hall–Kier alpha value is -6.26. The molecule has 0 bridgehead atoms. The van der Waals surface area contributed by atoms with Crippen LogP contribution in [0.4, 0.5) is 30.4 Å². The minimum absolute atomic E-state index is 0.0104. The van der Waals surface area contributed by atoms with Crippen LogP contribution in [0.1, 0.15) is 29.5 Å². The number of nitro groups is 1. The van der Waals surface area contributed by atoms with Crippen molar-refractivity contribution in [2.24, 2.45) is 29.6 Å². The van der Waals surface area contributed by atoms with Gasteiger partial charge < -0.3 is 9.84 Å². The van der Waals surface area contributed by atoms with E-state index < -0.39 is 86.1 Å². The van der Waals surface area contributed by atoms with Gasteiger partial charge in [0.05, 0.1) is 50.6 Å². The molecular formula is C41H28Cl2F3N5O8. The van der Waals surface area contributed by atoms with Gasteiger partial charge in [-0.25, -0.2) is 9.88 Å². The highest BCUT2D eigenvalue weighted by atomic mass is 35.5. The number of aromatic nitrogens is 1. The molecule has 3 fully saturated rings. The van der Waals surface area contributed by atoms with Crippen molar-refractivity contribution in [1.29, 1.82) is 0 Å². The van der Waals surface area contributed by atoms with Crippen LogP contribution in [0.15, 0.2) is 102 Å². The Bertz CT molecular complexity index is 2600. The van der Waals surface area contributed by atoms with Gasteiger partial charge in [0.25, 0.3) is 17.5 Å². The summed E-state index contributed by atoms with van der Waals surface area (Å²) < 4.78 is 46.7. The lowest BCUT2D eigenvalue weighted by atomic mass is 9.48. The Balaban J connectivity index is 1.21. The minimum atomic E-state index is -4.79. The summed E-state index contributed by atoms with van der Waals surface area (Å²) >= 11 is 12.6. The van der Waals surface area contributed by atoms with E-state index in [9.17, 15) is 42.8 Å². The lowest BCUT2D eigenvalue weighted by molar-refractivity contribution is -0.384. The van der Waals surface area contributed by atoms with Gasteiger partial charge in [-0.05, 0) is 72.4 Å². The van der Waals surface area contributed by atoms with Crippen LogP contribution in [0.5, 0.6) is 11.5 Å². The summed E-state index contributed by atoms with van der Waals surface area (Å²) in [4.78, 5) is 74.8. The lowest BCUT2D eigenvalue weighted by Gasteiger charge is -2.51. The van der Waals surface area contributed by atoms with E-state index in [0.717, 1.165) is 11.0 Å². The van der Waals surface area contributed by atoms with Crippen molar-refractivity contribution in [3.63, 3.8) is 0 Å². The Morgan fingerprint density at radius 1 is 0.966 bits per heavy atom. The third-order valence-electron chi connectivity index (χ3n) is 12.0. The van der Waals surface area contributed by atoms with Gasteiger partial charge in [0.2, 0.25) is 11.8 Å². The number of non-ortho nitro benzene ring substituents is 1. The predicted octanol–water partition coefficient (Wildman–Crippen LogP) is 7.56. The molecule has 13 nitrogen and oxygen atoms in total. The number of aromatic hydroxyl groups is 1. The third kappa shape index (κ3) is 5.86. The smallest absolute Gasteiger partial charge is 0.417 e. The fourth-order valence-electron chi connectivity index (χ4n) is 9.60. The summed E-state index contributed by atoms with van der Waals surface area (Å²) in [6.07, 6.45) is -0.993. The first-order valence-corrected chi connectivity index (χ1v) is 19.0. The molecule has 18 heteroatoms. The molecule has 300 valence electrons. The van der Waals surface area contributed by atoms with Crippen LogP contribution in [0.25, 0.3) is 0 Å². The number of fused-ring (bicyclic) bond motifs is 5. The Morgan fingerprint density at radius 3 is 2.44 bits per heavy atom. The molecule has 9 rings (SSSR count). The van der Waals surface area contributed by atoms with Crippen molar-refractivity contribution in [1.82, 2.24) is 9.99 Å². The molecule has 1 saturated carbocycles. The third-order valence-corrected chi connectivity index (χ3v) is 12.5. The van der Waals surface area contributed by atoms with Gasteiger partial charge in [0.15, 0.2) is 5.82 Å². The Morgan fingerprint density at radius 2 is 1.73 bits per heavy atom. The number of pyridine rings is 1. The lowest BCUT2D eigenvalue weighted by Crippen LogP contribution is -2.55. The van der Waals surface area contributed by atoms with E-state index in [-0.39, 0.29) is 36.4 Å². The van der Waals surface area contributed by atoms with Gasteiger partial charge in [-0.1, -0.05) is 53.1 Å². The van der Waals surface area contributed by atoms with Gasteiger partial charge in [-0.15, -0.1) is 0 Å². The van der Waals surface area contributed by atoms with Crippen molar-refractivity contribution in [3.05, 3.63) is 139 Å². The van der Waals surface area contributed by atoms with Crippen LogP contribution in [0.2, 0.25) is 10.0 Å². The van der Waals surface area contributed by atoms with E-state index >= 15 is 4.79 Å². The molecular weight excluding hydrogens is 818 g/mol. The average molecular weight is 847 g/mol. The molecule has 4 heterocycles. The molecule has 0 spiro atoms. The molecule has 6 atom stereocenters. The van der Waals surface area contributed by atoms with E-state index in [1.54, 1.807) is 36.4 Å². The fourth-order valence-corrected chi connectivity index (χ4v) is 9.93. The van der Waals surface area contributed by atoms with E-state index in [1.165, 1.54) is 36.6 Å². The first-order valence-electron chi connectivity index (χ1n) is 18.2. The number of halogens is 5. The molecule has 2 saturated heterocycles. The van der Waals surface area contributed by atoms with Crippen molar-refractivity contribution >= 4 is 64.0 Å². The second-order valence-electron chi connectivity index (χ2n) is 15.0. The molecule has 3 aliphatic heterocycles. The van der Waals surface area contributed by atoms with Crippen molar-refractivity contribution in [2.45, 2.75) is 30.9 Å². The molecule has 2 N–H and O–H groups in total. The zero-order valence-electron chi connectivity index (χ0n) is 30.2. The van der Waals surface area contributed by atoms with Gasteiger partial charge in [0.1, 0.15) is 11.5 Å². The summed E-state index contributed by atoms with van der Waals surface area (Å²) in [6.45, 7) is 0. The number of benzene rings is 3. The number of hydrazine groups is 1. The second kappa shape index (κ2) is 13.7. The number of nitrogens with zero attached hydrogens (tertiary/aromatic N) is 4. The molecule has 3 aromatic carbocycles. The van der Waals surface area contributed by atoms with Crippen LogP contribution in [0, 0.1) is 39.7 Å². The number of rotatable bonds is 6. The molecule has 0 radical (unpaired) electrons. The SMILES string of the molecule is O=C1[C@@H]2C[C@@H]3C(=CC[C@@H]4C(=O)N(c5cccc([N+](=O)[O-])c5)C(=O)[C@@H]43)[C@H](C3=COc4ccc(O)cc4C3)[C@]2(c2ccc(Cl)cc2)C(=O)N1Nc1ncc(C(F)(F)F)cc1Cl. The Kier molecular flexibility index (Phi) is 8.86. The molecule has 4 amide bonds. The molecule has 5 aliphatic rings. The molecule has 4 aromatic rings. The van der Waals surface area contributed by atoms with Crippen LogP contribution < -0.4 is 15.1 Å². The maximum Gasteiger partial charge on any atom is 0.417 e. The number of ether oxygens (including phenoxy) is 1. The molecule has 1 aromatic heterocycles. The number of alkyl halides is 3. The summed E-state index contributed by atoms with van der Waals surface area (Å²) in [7, 11) is 0. The second-order valence-corrected chi connectivity index (χ2v) is 15.8. The van der Waals surface area contributed by atoms with E-state index in [2.05, 4.69) is 10.4 Å². The number of carbonyl (C=O) groups excluding carboxylic acids is 4. The number of phenolic OH excluding ortho intramolecular Hbond substituents is 1. The van der Waals surface area contributed by atoms with E-state index in [0.29, 0.717) is 50.3 Å². The van der Waals surface area contributed by atoms with Crippen molar-refractivity contribution in [2.75, 3.05) is 10.3 Å².